The average Bonchev–Trinajstić information content (AvgIpc) is 2.95. The van der Waals surface area contributed by atoms with Crippen LogP contribution in [-0.2, 0) is 89.2 Å². The molecule has 0 aliphatic carbocycles. The second-order valence-corrected chi connectivity index (χ2v) is 3.32. The third-order valence-electron chi connectivity index (χ3n) is 1.30. The predicted octanol–water partition coefficient (Wildman–Crippen LogP) is 2.63. The van der Waals surface area contributed by atoms with Gasteiger partial charge >= 0.3 is 0 Å². The summed E-state index contributed by atoms with van der Waals surface area (Å²) >= 11 is 6.16. The molecule has 0 radical (unpaired) electrons. The van der Waals surface area contributed by atoms with Crippen molar-refractivity contribution < 1.29 is 89.2 Å². The Hall–Kier alpha value is -3.82. The topological polar surface area (TPSA) is 403 Å². The molecule has 218 valence electrons. The van der Waals surface area contributed by atoms with Crippen molar-refractivity contribution in [2.24, 2.45) is 88.8 Å². The van der Waals surface area contributed by atoms with E-state index in [-0.39, 0.29) is 5.34 Å². The molecular formula is H3N19O18S2. The molecule has 0 aliphatic rings. The fraction of sp³-hybridized carbons (Fsp3) is 0. The van der Waals surface area contributed by atoms with Crippen molar-refractivity contribution in [1.82, 2.24) is 5.34 Å². The number of thiol groups is 2. The van der Waals surface area contributed by atoms with E-state index in [2.05, 4.69) is 204 Å². The number of hydrogen-bond acceptors (Lipinski definition) is 22. The first-order valence-corrected chi connectivity index (χ1v) is 7.75. The molecule has 0 saturated carbocycles. The monoisotopic (exact) mass is 621 g/mol. The summed E-state index contributed by atoms with van der Waals surface area (Å²) in [6, 6.07) is 0. The van der Waals surface area contributed by atoms with E-state index in [1.807, 2.05) is 0 Å². The maximum absolute atomic E-state index is 6.24. The zero-order valence-corrected chi connectivity index (χ0v) is 18.6. The molecule has 0 fully saturated rings. The lowest BCUT2D eigenvalue weighted by Gasteiger charge is -2.07. The van der Waals surface area contributed by atoms with E-state index >= 15 is 0 Å². The molecule has 0 aromatic carbocycles. The van der Waals surface area contributed by atoms with E-state index in [0.29, 0.717) is 0 Å². The van der Waals surface area contributed by atoms with Crippen molar-refractivity contribution in [2.75, 3.05) is 0 Å². The Morgan fingerprint density at radius 3 is 0.974 bits per heavy atom. The number of rotatable bonds is 27. The van der Waals surface area contributed by atoms with Crippen molar-refractivity contribution >= 4 is 25.8 Å². The molecule has 1 N–H and O–H groups in total. The fourth-order valence-corrected chi connectivity index (χ4v) is 0.610. The summed E-state index contributed by atoms with van der Waals surface area (Å²) in [6.45, 7) is 0. The molecule has 39 heteroatoms. The first kappa shape index (κ1) is 35.2. The molecular weight excluding hydrogens is 618 g/mol. The van der Waals surface area contributed by atoms with Gasteiger partial charge in [-0.15, -0.1) is 8.67 Å². The van der Waals surface area contributed by atoms with E-state index in [1.54, 1.807) is 0 Å². The Kier molecular flexibility index (Phi) is 29.1. The smallest absolute Gasteiger partial charge is 0.0559 e. The van der Waals surface area contributed by atoms with E-state index in [9.17, 15) is 0 Å². The Morgan fingerprint density at radius 1 is 0.359 bits per heavy atom. The Morgan fingerprint density at radius 2 is 0.641 bits per heavy atom. The molecule has 0 spiro atoms. The first-order valence-electron chi connectivity index (χ1n) is 7.02. The van der Waals surface area contributed by atoms with Crippen LogP contribution in [0.3, 0.4) is 0 Å². The second kappa shape index (κ2) is 32.2. The molecule has 0 unspecified atom stereocenters. The highest BCUT2D eigenvalue weighted by atomic mass is 32.1. The van der Waals surface area contributed by atoms with E-state index in [0.717, 1.165) is 0 Å². The minimum Gasteiger partial charge on any atom is -0.183 e. The van der Waals surface area contributed by atoms with Gasteiger partial charge in [0, 0.05) is 72.8 Å². The third kappa shape index (κ3) is 30.3. The summed E-state index contributed by atoms with van der Waals surface area (Å²) in [5, 5.41) is 99.7. The van der Waals surface area contributed by atoms with Crippen LogP contribution in [0.4, 0.5) is 0 Å². The Balaban J connectivity index is 4.35. The van der Waals surface area contributed by atoms with E-state index in [4.69, 9.17) is 5.53 Å². The fourth-order valence-electron chi connectivity index (χ4n) is 0.560. The van der Waals surface area contributed by atoms with Gasteiger partial charge in [-0.3, -0.25) is 0 Å². The lowest BCUT2D eigenvalue weighted by Crippen LogP contribution is -2.19. The molecule has 0 heterocycles. The van der Waals surface area contributed by atoms with Crippen LogP contribution in [0.1, 0.15) is 0 Å². The highest BCUT2D eigenvalue weighted by molar-refractivity contribution is 7.75. The summed E-state index contributed by atoms with van der Waals surface area (Å²) in [4.78, 5) is 8.10. The van der Waals surface area contributed by atoms with Crippen LogP contribution in [0.5, 0.6) is 0 Å². The van der Waals surface area contributed by atoms with Crippen molar-refractivity contribution in [1.29, 1.82) is 5.53 Å². The lowest BCUT2D eigenvalue weighted by molar-refractivity contribution is -0.861. The lowest BCUT2D eigenvalue weighted by atomic mass is 12.3. The molecule has 39 heavy (non-hydrogen) atoms. The van der Waals surface area contributed by atoms with Crippen LogP contribution in [0.25, 0.3) is 0 Å². The normalized spacial score (nSPS) is 13.0. The summed E-state index contributed by atoms with van der Waals surface area (Å²) in [7, 11) is 0. The Labute approximate surface area is 215 Å². The van der Waals surface area contributed by atoms with Gasteiger partial charge < -0.3 is 0 Å². The molecule has 0 saturated heterocycles. The molecule has 0 rings (SSSR count). The quantitative estimate of drug-likeness (QED) is 0.0296. The van der Waals surface area contributed by atoms with Crippen molar-refractivity contribution in [3.63, 3.8) is 0 Å². The van der Waals surface area contributed by atoms with E-state index in [1.165, 1.54) is 0 Å². The van der Waals surface area contributed by atoms with Gasteiger partial charge in [-0.1, -0.05) is 0 Å². The minimum atomic E-state index is -0.269. The number of nitrogens with zero attached hydrogens (tertiary/aromatic N) is 18. The van der Waals surface area contributed by atoms with Gasteiger partial charge in [0.1, 0.15) is 0 Å². The third-order valence-corrected chi connectivity index (χ3v) is 1.42. The van der Waals surface area contributed by atoms with Gasteiger partial charge in [-0.25, -0.2) is 0 Å². The summed E-state index contributed by atoms with van der Waals surface area (Å²) in [5.74, 6) is 0. The maximum atomic E-state index is 6.24. The van der Waals surface area contributed by atoms with Crippen molar-refractivity contribution in [3.05, 3.63) is 0 Å². The van der Waals surface area contributed by atoms with Crippen LogP contribution >= 0.6 is 25.8 Å². The summed E-state index contributed by atoms with van der Waals surface area (Å²) in [5.41, 5.74) is 6.24. The van der Waals surface area contributed by atoms with Crippen molar-refractivity contribution in [2.45, 2.75) is 0 Å². The zero-order valence-electron chi connectivity index (χ0n) is 16.8. The van der Waals surface area contributed by atoms with Gasteiger partial charge in [0.05, 0.1) is 5.34 Å². The predicted molar refractivity (Wildman–Crippen MR) is 83.3 cm³/mol. The zero-order chi connectivity index (χ0) is 28.3. The van der Waals surface area contributed by atoms with Crippen LogP contribution < -0.4 is 0 Å². The van der Waals surface area contributed by atoms with Crippen LogP contribution in [0.2, 0.25) is 0 Å². The second-order valence-electron chi connectivity index (χ2n) is 3.02. The van der Waals surface area contributed by atoms with Crippen LogP contribution in [0, 0.1) is 5.53 Å². The van der Waals surface area contributed by atoms with Crippen LogP contribution in [0.15, 0.2) is 88.8 Å². The molecule has 37 nitrogen and oxygen atoms in total. The minimum absolute atomic E-state index is 0.269. The number of nitrogens with one attached hydrogen (secondary N) is 1. The van der Waals surface area contributed by atoms with Gasteiger partial charge in [0.15, 0.2) is 0 Å². The van der Waals surface area contributed by atoms with E-state index < -0.39 is 0 Å². The maximum Gasteiger partial charge on any atom is 0.0559 e. The van der Waals surface area contributed by atoms with Gasteiger partial charge in [-0.2, -0.15) is 5.53 Å². The molecule has 0 bridgehead atoms. The van der Waals surface area contributed by atoms with Gasteiger partial charge in [-0.05, 0) is 122 Å². The number of hydrogen-bond donors (Lipinski definition) is 3. The molecule has 0 aromatic heterocycles. The standard InChI is InChI=1S/H3N19O18S2/c1-2-3-4-5-6-7-8-9-10-11-12-13-14-15-16-17-18-19(20-22-24-26-28-30-32-34-36-38)21-23-25-27-29-31-33-35-37-39/h1,38-39H/b2-1?,4-3+,6-5+,8-7+,10-9+,12-11+,14-13+,16-15+,18-17+. The van der Waals surface area contributed by atoms with Crippen LogP contribution in [-0.4, -0.2) is 5.34 Å². The molecule has 0 atom stereocenters. The van der Waals surface area contributed by atoms with Crippen molar-refractivity contribution in [3.8, 4) is 0 Å². The largest absolute Gasteiger partial charge is 0.183 e. The first-order chi connectivity index (χ1) is 19.3. The highest BCUT2D eigenvalue weighted by Gasteiger charge is 2.10. The summed E-state index contributed by atoms with van der Waals surface area (Å²) < 4.78 is 7.23. The van der Waals surface area contributed by atoms with Gasteiger partial charge in [0.25, 0.3) is 0 Å². The molecule has 0 aliphatic heterocycles. The SMILES string of the molecule is N=N/N=N/N=N/N=N/N=N/N=N/N=N/N=N/N=N/N(OOOOOOOOOS)OOOOOOOOOS. The van der Waals surface area contributed by atoms with Gasteiger partial charge in [0.2, 0.25) is 0 Å². The summed E-state index contributed by atoms with van der Waals surface area (Å²) in [6.07, 6.45) is 0. The molecule has 0 amide bonds. The average molecular weight is 621 g/mol. The highest BCUT2D eigenvalue weighted by Crippen LogP contribution is 2.01. The molecule has 0 aromatic rings. The Bertz CT molecular complexity index is 762.